The number of carbonyl (C=O) groups is 2. The number of hydrogen-bond donors (Lipinski definition) is 2. The van der Waals surface area contributed by atoms with Crippen LogP contribution in [0.5, 0.6) is 5.75 Å². The normalized spacial score (nSPS) is 10.3. The summed E-state index contributed by atoms with van der Waals surface area (Å²) in [5.74, 6) is -0.326. The summed E-state index contributed by atoms with van der Waals surface area (Å²) in [6.07, 6.45) is 0.949. The Morgan fingerprint density at radius 1 is 0.933 bits per heavy atom. The number of halogens is 1. The molecule has 3 aromatic rings. The fourth-order valence-electron chi connectivity index (χ4n) is 2.79. The molecule has 0 aromatic heterocycles. The van der Waals surface area contributed by atoms with Crippen LogP contribution in [0.1, 0.15) is 28.4 Å². The molecule has 0 spiro atoms. The first-order chi connectivity index (χ1) is 14.5. The van der Waals surface area contributed by atoms with Gasteiger partial charge < -0.3 is 15.4 Å². The molecule has 0 aliphatic rings. The van der Waals surface area contributed by atoms with Gasteiger partial charge in [0.25, 0.3) is 11.8 Å². The molecule has 0 atom stereocenters. The van der Waals surface area contributed by atoms with Gasteiger partial charge >= 0.3 is 0 Å². The van der Waals surface area contributed by atoms with Crippen molar-refractivity contribution in [1.82, 2.24) is 5.32 Å². The van der Waals surface area contributed by atoms with Gasteiger partial charge in [-0.2, -0.15) is 0 Å². The van der Waals surface area contributed by atoms with Gasteiger partial charge in [0, 0.05) is 17.8 Å². The van der Waals surface area contributed by atoms with Gasteiger partial charge in [0.2, 0.25) is 0 Å². The first kappa shape index (κ1) is 21.0. The lowest BCUT2D eigenvalue weighted by molar-refractivity contribution is -0.123. The van der Waals surface area contributed by atoms with E-state index in [9.17, 15) is 14.0 Å². The van der Waals surface area contributed by atoms with Crippen molar-refractivity contribution < 1.29 is 18.7 Å². The number of nitrogens with one attached hydrogen (secondary N) is 2. The minimum Gasteiger partial charge on any atom is -0.484 e. The molecule has 0 fully saturated rings. The van der Waals surface area contributed by atoms with Crippen molar-refractivity contribution in [3.05, 3.63) is 95.3 Å². The second kappa shape index (κ2) is 10.2. The summed E-state index contributed by atoms with van der Waals surface area (Å²) in [6, 6.07) is 20.1. The van der Waals surface area contributed by atoms with Crippen molar-refractivity contribution in [2.45, 2.75) is 19.9 Å². The van der Waals surface area contributed by atoms with Gasteiger partial charge in [0.05, 0.1) is 0 Å². The van der Waals surface area contributed by atoms with Crippen LogP contribution in [0.25, 0.3) is 0 Å². The third-order valence-corrected chi connectivity index (χ3v) is 4.48. The van der Waals surface area contributed by atoms with E-state index in [-0.39, 0.29) is 18.4 Å². The molecule has 0 bridgehead atoms. The molecule has 2 amide bonds. The highest BCUT2D eigenvalue weighted by Gasteiger charge is 2.08. The second-order valence-electron chi connectivity index (χ2n) is 6.72. The van der Waals surface area contributed by atoms with Crippen molar-refractivity contribution in [2.24, 2.45) is 0 Å². The van der Waals surface area contributed by atoms with Crippen LogP contribution in [0.15, 0.2) is 72.8 Å². The van der Waals surface area contributed by atoms with Crippen LogP contribution >= 0.6 is 0 Å². The van der Waals surface area contributed by atoms with Gasteiger partial charge in [0.1, 0.15) is 11.6 Å². The maximum atomic E-state index is 13.0. The van der Waals surface area contributed by atoms with Gasteiger partial charge in [-0.15, -0.1) is 0 Å². The lowest BCUT2D eigenvalue weighted by Crippen LogP contribution is -2.28. The van der Waals surface area contributed by atoms with Crippen LogP contribution in [0.3, 0.4) is 0 Å². The minimum atomic E-state index is -0.397. The Morgan fingerprint density at radius 3 is 2.37 bits per heavy atom. The van der Waals surface area contributed by atoms with E-state index < -0.39 is 5.82 Å². The van der Waals surface area contributed by atoms with E-state index in [0.29, 0.717) is 23.5 Å². The zero-order valence-electron chi connectivity index (χ0n) is 16.7. The van der Waals surface area contributed by atoms with Crippen molar-refractivity contribution in [3.63, 3.8) is 0 Å². The van der Waals surface area contributed by atoms with Crippen molar-refractivity contribution in [3.8, 4) is 5.75 Å². The predicted molar refractivity (Wildman–Crippen MR) is 114 cm³/mol. The Balaban J connectivity index is 1.48. The smallest absolute Gasteiger partial charge is 0.258 e. The summed E-state index contributed by atoms with van der Waals surface area (Å²) in [4.78, 5) is 24.3. The van der Waals surface area contributed by atoms with Crippen LogP contribution < -0.4 is 15.4 Å². The number of ether oxygens (including phenoxy) is 1. The van der Waals surface area contributed by atoms with Gasteiger partial charge in [-0.1, -0.05) is 31.2 Å². The van der Waals surface area contributed by atoms with Crippen LogP contribution in [0.4, 0.5) is 10.1 Å². The molecule has 5 nitrogen and oxygen atoms in total. The number of rotatable bonds is 8. The quantitative estimate of drug-likeness (QED) is 0.585. The molecule has 3 aromatic carbocycles. The summed E-state index contributed by atoms with van der Waals surface area (Å²) >= 11 is 0. The van der Waals surface area contributed by atoms with E-state index >= 15 is 0 Å². The molecular weight excluding hydrogens is 383 g/mol. The number of benzene rings is 3. The third-order valence-electron chi connectivity index (χ3n) is 4.48. The van der Waals surface area contributed by atoms with Crippen LogP contribution in [0, 0.1) is 5.82 Å². The number of carbonyl (C=O) groups excluding carboxylic acids is 2. The monoisotopic (exact) mass is 406 g/mol. The maximum Gasteiger partial charge on any atom is 0.258 e. The Hall–Kier alpha value is -3.67. The topological polar surface area (TPSA) is 67.4 Å². The van der Waals surface area contributed by atoms with Gasteiger partial charge in [-0.25, -0.2) is 4.39 Å². The largest absolute Gasteiger partial charge is 0.484 e. The fraction of sp³-hybridized carbons (Fsp3) is 0.167. The molecule has 0 saturated carbocycles. The highest BCUT2D eigenvalue weighted by Crippen LogP contribution is 2.14. The minimum absolute atomic E-state index is 0.0769. The number of anilines is 1. The van der Waals surface area contributed by atoms with Crippen LogP contribution in [0.2, 0.25) is 0 Å². The first-order valence-electron chi connectivity index (χ1n) is 9.68. The molecule has 0 aliphatic carbocycles. The Labute approximate surface area is 174 Å². The fourth-order valence-corrected chi connectivity index (χ4v) is 2.79. The molecule has 3 rings (SSSR count). The van der Waals surface area contributed by atoms with E-state index in [1.54, 1.807) is 18.2 Å². The molecule has 0 unspecified atom stereocenters. The summed E-state index contributed by atoms with van der Waals surface area (Å²) in [5, 5.41) is 5.55. The molecule has 30 heavy (non-hydrogen) atoms. The summed E-state index contributed by atoms with van der Waals surface area (Å²) in [5.41, 5.74) is 2.98. The molecule has 0 saturated heterocycles. The molecule has 0 aliphatic heterocycles. The van der Waals surface area contributed by atoms with E-state index in [1.807, 2.05) is 30.3 Å². The molecule has 154 valence electrons. The number of amides is 2. The van der Waals surface area contributed by atoms with Crippen LogP contribution in [-0.4, -0.2) is 18.4 Å². The van der Waals surface area contributed by atoms with Crippen molar-refractivity contribution >= 4 is 17.5 Å². The molecule has 0 heterocycles. The Bertz CT molecular complexity index is 1000. The van der Waals surface area contributed by atoms with Crippen LogP contribution in [-0.2, 0) is 17.8 Å². The SMILES string of the molecule is CCc1ccc(OCC(=O)NCc2cccc(NC(=O)c3ccc(F)cc3)c2)cc1. The van der Waals surface area contributed by atoms with Gasteiger partial charge in [-0.05, 0) is 66.1 Å². The number of aryl methyl sites for hydroxylation is 1. The summed E-state index contributed by atoms with van der Waals surface area (Å²) in [7, 11) is 0. The Morgan fingerprint density at radius 2 is 1.67 bits per heavy atom. The van der Waals surface area contributed by atoms with E-state index in [1.165, 1.54) is 29.8 Å². The Kier molecular flexibility index (Phi) is 7.16. The molecule has 6 heteroatoms. The molecular formula is C24H23FN2O3. The molecule has 2 N–H and O–H groups in total. The first-order valence-corrected chi connectivity index (χ1v) is 9.68. The number of hydrogen-bond acceptors (Lipinski definition) is 3. The van der Waals surface area contributed by atoms with E-state index in [4.69, 9.17) is 4.74 Å². The van der Waals surface area contributed by atoms with E-state index in [2.05, 4.69) is 17.6 Å². The average Bonchev–Trinajstić information content (AvgIpc) is 2.77. The third kappa shape index (κ3) is 6.17. The van der Waals surface area contributed by atoms with Crippen molar-refractivity contribution in [1.29, 1.82) is 0 Å². The lowest BCUT2D eigenvalue weighted by atomic mass is 10.1. The second-order valence-corrected chi connectivity index (χ2v) is 6.72. The highest BCUT2D eigenvalue weighted by atomic mass is 19.1. The van der Waals surface area contributed by atoms with Gasteiger partial charge in [-0.3, -0.25) is 9.59 Å². The van der Waals surface area contributed by atoms with E-state index in [0.717, 1.165) is 12.0 Å². The highest BCUT2D eigenvalue weighted by molar-refractivity contribution is 6.04. The zero-order valence-corrected chi connectivity index (χ0v) is 16.7. The zero-order chi connectivity index (χ0) is 21.3. The lowest BCUT2D eigenvalue weighted by Gasteiger charge is -2.10. The van der Waals surface area contributed by atoms with Crippen molar-refractivity contribution in [2.75, 3.05) is 11.9 Å². The van der Waals surface area contributed by atoms with Gasteiger partial charge in [0.15, 0.2) is 6.61 Å². The predicted octanol–water partition coefficient (Wildman–Crippen LogP) is 4.34. The average molecular weight is 406 g/mol. The standard InChI is InChI=1S/C24H23FN2O3/c1-2-17-6-12-22(13-7-17)30-16-23(28)26-15-18-4-3-5-21(14-18)27-24(29)19-8-10-20(25)11-9-19/h3-14H,2,15-16H2,1H3,(H,26,28)(H,27,29). The summed E-state index contributed by atoms with van der Waals surface area (Å²) < 4.78 is 18.5. The summed E-state index contributed by atoms with van der Waals surface area (Å²) in [6.45, 7) is 2.30. The maximum absolute atomic E-state index is 13.0. The molecule has 0 radical (unpaired) electrons.